The molecule has 4 nitrogen and oxygen atoms in total. The monoisotopic (exact) mass is 279 g/mol. The zero-order valence-corrected chi connectivity index (χ0v) is 12.8. The second-order valence-corrected chi connectivity index (χ2v) is 6.74. The SMILES string of the molecule is CC(C(=O)N1CCNCC1)N1CCCC1C1CCCC1. The number of hydrogen-bond donors (Lipinski definition) is 1. The van der Waals surface area contributed by atoms with Crippen molar-refractivity contribution in [2.45, 2.75) is 57.5 Å². The molecule has 1 amide bonds. The molecule has 20 heavy (non-hydrogen) atoms. The van der Waals surface area contributed by atoms with Crippen LogP contribution >= 0.6 is 0 Å². The summed E-state index contributed by atoms with van der Waals surface area (Å²) in [5, 5.41) is 3.32. The van der Waals surface area contributed by atoms with Gasteiger partial charge < -0.3 is 10.2 Å². The van der Waals surface area contributed by atoms with E-state index in [1.54, 1.807) is 0 Å². The molecule has 114 valence electrons. The molecular weight excluding hydrogens is 250 g/mol. The molecular formula is C16H29N3O. The normalized spacial score (nSPS) is 30.9. The van der Waals surface area contributed by atoms with Crippen molar-refractivity contribution >= 4 is 5.91 Å². The van der Waals surface area contributed by atoms with Gasteiger partial charge >= 0.3 is 0 Å². The van der Waals surface area contributed by atoms with Gasteiger partial charge in [0.25, 0.3) is 0 Å². The first-order chi connectivity index (χ1) is 9.77. The second-order valence-electron chi connectivity index (χ2n) is 6.74. The molecule has 2 unspecified atom stereocenters. The Kier molecular flexibility index (Phi) is 4.61. The third-order valence-corrected chi connectivity index (χ3v) is 5.57. The maximum absolute atomic E-state index is 12.7. The van der Waals surface area contributed by atoms with Gasteiger partial charge in [0.1, 0.15) is 0 Å². The highest BCUT2D eigenvalue weighted by molar-refractivity contribution is 5.81. The Hall–Kier alpha value is -0.610. The number of carbonyl (C=O) groups excluding carboxylic acids is 1. The molecule has 3 rings (SSSR count). The lowest BCUT2D eigenvalue weighted by Crippen LogP contribution is -2.54. The average Bonchev–Trinajstić information content (AvgIpc) is 3.16. The zero-order valence-electron chi connectivity index (χ0n) is 12.8. The van der Waals surface area contributed by atoms with E-state index in [1.165, 1.54) is 38.5 Å². The van der Waals surface area contributed by atoms with Gasteiger partial charge in [0, 0.05) is 32.2 Å². The Morgan fingerprint density at radius 2 is 1.75 bits per heavy atom. The van der Waals surface area contributed by atoms with E-state index in [4.69, 9.17) is 0 Å². The zero-order chi connectivity index (χ0) is 13.9. The molecule has 0 radical (unpaired) electrons. The minimum Gasteiger partial charge on any atom is -0.339 e. The Bertz CT molecular complexity index is 335. The fraction of sp³-hybridized carbons (Fsp3) is 0.938. The third kappa shape index (κ3) is 2.86. The van der Waals surface area contributed by atoms with Crippen LogP contribution in [0.5, 0.6) is 0 Å². The van der Waals surface area contributed by atoms with Crippen LogP contribution in [0.25, 0.3) is 0 Å². The molecule has 2 atom stereocenters. The van der Waals surface area contributed by atoms with Crippen molar-refractivity contribution in [3.8, 4) is 0 Å². The van der Waals surface area contributed by atoms with E-state index >= 15 is 0 Å². The van der Waals surface area contributed by atoms with Crippen LogP contribution in [0.1, 0.15) is 45.4 Å². The number of amides is 1. The summed E-state index contributed by atoms with van der Waals surface area (Å²) >= 11 is 0. The van der Waals surface area contributed by atoms with Crippen LogP contribution in [0.15, 0.2) is 0 Å². The minimum atomic E-state index is 0.0844. The van der Waals surface area contributed by atoms with E-state index in [0.29, 0.717) is 11.9 Å². The molecule has 2 heterocycles. The predicted molar refractivity (Wildman–Crippen MR) is 80.6 cm³/mol. The number of nitrogens with one attached hydrogen (secondary N) is 1. The van der Waals surface area contributed by atoms with Gasteiger partial charge in [-0.15, -0.1) is 0 Å². The molecule has 3 fully saturated rings. The lowest BCUT2D eigenvalue weighted by molar-refractivity contribution is -0.137. The van der Waals surface area contributed by atoms with Crippen LogP contribution in [-0.4, -0.2) is 60.5 Å². The van der Waals surface area contributed by atoms with Crippen molar-refractivity contribution in [3.63, 3.8) is 0 Å². The summed E-state index contributed by atoms with van der Waals surface area (Å²) in [6.07, 6.45) is 8.15. The summed E-state index contributed by atoms with van der Waals surface area (Å²) in [6.45, 7) is 6.92. The van der Waals surface area contributed by atoms with E-state index in [-0.39, 0.29) is 6.04 Å². The van der Waals surface area contributed by atoms with Gasteiger partial charge in [0.15, 0.2) is 0 Å². The summed E-state index contributed by atoms with van der Waals surface area (Å²) in [4.78, 5) is 17.3. The van der Waals surface area contributed by atoms with Gasteiger partial charge in [-0.1, -0.05) is 12.8 Å². The van der Waals surface area contributed by atoms with Crippen molar-refractivity contribution < 1.29 is 4.79 Å². The first-order valence-electron chi connectivity index (χ1n) is 8.52. The summed E-state index contributed by atoms with van der Waals surface area (Å²) in [7, 11) is 0. The van der Waals surface area contributed by atoms with Gasteiger partial charge in [0.05, 0.1) is 6.04 Å². The molecule has 0 aromatic rings. The number of carbonyl (C=O) groups is 1. The van der Waals surface area contributed by atoms with Crippen molar-refractivity contribution in [2.75, 3.05) is 32.7 Å². The van der Waals surface area contributed by atoms with Crippen molar-refractivity contribution in [2.24, 2.45) is 5.92 Å². The van der Waals surface area contributed by atoms with E-state index in [2.05, 4.69) is 22.0 Å². The second kappa shape index (κ2) is 6.44. The topological polar surface area (TPSA) is 35.6 Å². The van der Waals surface area contributed by atoms with E-state index in [9.17, 15) is 4.79 Å². The Labute approximate surface area is 122 Å². The molecule has 0 aromatic carbocycles. The average molecular weight is 279 g/mol. The fourth-order valence-electron chi connectivity index (χ4n) is 4.44. The van der Waals surface area contributed by atoms with Crippen LogP contribution in [0.3, 0.4) is 0 Å². The molecule has 1 N–H and O–H groups in total. The van der Waals surface area contributed by atoms with Gasteiger partial charge in [-0.2, -0.15) is 0 Å². The summed E-state index contributed by atoms with van der Waals surface area (Å²) in [6, 6.07) is 0.764. The number of nitrogens with zero attached hydrogens (tertiary/aromatic N) is 2. The lowest BCUT2D eigenvalue weighted by atomic mass is 9.95. The van der Waals surface area contributed by atoms with Gasteiger partial charge in [-0.3, -0.25) is 9.69 Å². The molecule has 4 heteroatoms. The highest BCUT2D eigenvalue weighted by atomic mass is 16.2. The van der Waals surface area contributed by atoms with Crippen LogP contribution in [0.2, 0.25) is 0 Å². The fourth-order valence-corrected chi connectivity index (χ4v) is 4.44. The summed E-state index contributed by atoms with van der Waals surface area (Å²) in [5.74, 6) is 1.21. The number of piperazine rings is 1. The van der Waals surface area contributed by atoms with Crippen LogP contribution in [0, 0.1) is 5.92 Å². The smallest absolute Gasteiger partial charge is 0.239 e. The lowest BCUT2D eigenvalue weighted by Gasteiger charge is -2.37. The number of likely N-dealkylation sites (tertiary alicyclic amines) is 1. The largest absolute Gasteiger partial charge is 0.339 e. The first kappa shape index (κ1) is 14.3. The molecule has 1 saturated carbocycles. The van der Waals surface area contributed by atoms with E-state index in [1.807, 2.05) is 0 Å². The van der Waals surface area contributed by atoms with Crippen molar-refractivity contribution in [3.05, 3.63) is 0 Å². The highest BCUT2D eigenvalue weighted by Gasteiger charge is 2.38. The maximum atomic E-state index is 12.7. The van der Waals surface area contributed by atoms with Gasteiger partial charge in [0.2, 0.25) is 5.91 Å². The van der Waals surface area contributed by atoms with Crippen LogP contribution in [-0.2, 0) is 4.79 Å². The van der Waals surface area contributed by atoms with E-state index in [0.717, 1.165) is 38.6 Å². The van der Waals surface area contributed by atoms with Gasteiger partial charge in [-0.25, -0.2) is 0 Å². The molecule has 0 aromatic heterocycles. The quantitative estimate of drug-likeness (QED) is 0.849. The number of hydrogen-bond acceptors (Lipinski definition) is 3. The number of rotatable bonds is 3. The molecule has 1 aliphatic carbocycles. The molecule has 2 saturated heterocycles. The maximum Gasteiger partial charge on any atom is 0.239 e. The summed E-state index contributed by atoms with van der Waals surface area (Å²) < 4.78 is 0. The minimum absolute atomic E-state index is 0.0844. The highest BCUT2D eigenvalue weighted by Crippen LogP contribution is 2.36. The van der Waals surface area contributed by atoms with Crippen molar-refractivity contribution in [1.82, 2.24) is 15.1 Å². The third-order valence-electron chi connectivity index (χ3n) is 5.57. The molecule has 0 spiro atoms. The van der Waals surface area contributed by atoms with Crippen LogP contribution in [0.4, 0.5) is 0 Å². The molecule has 0 bridgehead atoms. The predicted octanol–water partition coefficient (Wildman–Crippen LogP) is 1.46. The molecule has 3 aliphatic rings. The van der Waals surface area contributed by atoms with Crippen molar-refractivity contribution in [1.29, 1.82) is 0 Å². The van der Waals surface area contributed by atoms with E-state index < -0.39 is 0 Å². The summed E-state index contributed by atoms with van der Waals surface area (Å²) in [5.41, 5.74) is 0. The Balaban J connectivity index is 1.62. The van der Waals surface area contributed by atoms with Gasteiger partial charge in [-0.05, 0) is 45.1 Å². The Morgan fingerprint density at radius 1 is 1.05 bits per heavy atom. The molecule has 2 aliphatic heterocycles. The standard InChI is InChI=1S/C16H29N3O/c1-13(16(20)18-11-8-17-9-12-18)19-10-4-7-15(19)14-5-2-3-6-14/h13-15,17H,2-12H2,1H3. The first-order valence-corrected chi connectivity index (χ1v) is 8.52. The Morgan fingerprint density at radius 3 is 2.45 bits per heavy atom. The van der Waals surface area contributed by atoms with Crippen LogP contribution < -0.4 is 5.32 Å².